The van der Waals surface area contributed by atoms with Gasteiger partial charge in [0.25, 0.3) is 0 Å². The Morgan fingerprint density at radius 1 is 1.32 bits per heavy atom. The van der Waals surface area contributed by atoms with Gasteiger partial charge < -0.3 is 10.2 Å². The summed E-state index contributed by atoms with van der Waals surface area (Å²) in [6, 6.07) is 3.97. The van der Waals surface area contributed by atoms with Crippen LogP contribution in [0.5, 0.6) is 0 Å². The SMILES string of the molecule is C[C@@H]1C[C@@H]1C(=O)Nc1ccc(N2CCCCC2)nc1. The van der Waals surface area contributed by atoms with Crippen molar-refractivity contribution in [2.45, 2.75) is 32.6 Å². The molecule has 3 rings (SSSR count). The van der Waals surface area contributed by atoms with E-state index in [4.69, 9.17) is 0 Å². The zero-order chi connectivity index (χ0) is 13.2. The standard InChI is InChI=1S/C15H21N3O/c1-11-9-13(11)15(19)17-12-5-6-14(16-10-12)18-7-3-2-4-8-18/h5-6,10-11,13H,2-4,7-9H2,1H3,(H,17,19)/t11-,13+/m1/s1. The van der Waals surface area contributed by atoms with Gasteiger partial charge in [-0.25, -0.2) is 4.98 Å². The van der Waals surface area contributed by atoms with Crippen molar-refractivity contribution in [1.29, 1.82) is 0 Å². The summed E-state index contributed by atoms with van der Waals surface area (Å²) in [5.41, 5.74) is 0.810. The van der Waals surface area contributed by atoms with Crippen molar-refractivity contribution in [3.63, 3.8) is 0 Å². The molecular weight excluding hydrogens is 238 g/mol. The molecule has 1 aromatic heterocycles. The number of hydrogen-bond acceptors (Lipinski definition) is 3. The van der Waals surface area contributed by atoms with E-state index in [1.807, 2.05) is 12.1 Å². The van der Waals surface area contributed by atoms with Crippen LogP contribution < -0.4 is 10.2 Å². The third kappa shape index (κ3) is 2.88. The molecule has 2 aliphatic rings. The molecule has 0 spiro atoms. The number of amides is 1. The third-order valence-electron chi connectivity index (χ3n) is 4.14. The van der Waals surface area contributed by atoms with Crippen LogP contribution >= 0.6 is 0 Å². The van der Waals surface area contributed by atoms with Crippen molar-refractivity contribution in [3.05, 3.63) is 18.3 Å². The van der Waals surface area contributed by atoms with E-state index >= 15 is 0 Å². The molecule has 102 valence electrons. The zero-order valence-electron chi connectivity index (χ0n) is 11.4. The Kier molecular flexibility index (Phi) is 3.40. The fourth-order valence-corrected chi connectivity index (χ4v) is 2.69. The molecule has 0 bridgehead atoms. The van der Waals surface area contributed by atoms with Gasteiger partial charge in [-0.15, -0.1) is 0 Å². The first-order chi connectivity index (χ1) is 9.24. The quantitative estimate of drug-likeness (QED) is 0.907. The molecule has 19 heavy (non-hydrogen) atoms. The van der Waals surface area contributed by atoms with Gasteiger partial charge in [0.2, 0.25) is 5.91 Å². The number of piperidine rings is 1. The van der Waals surface area contributed by atoms with Crippen LogP contribution in [0.2, 0.25) is 0 Å². The molecule has 1 amide bonds. The molecule has 1 saturated heterocycles. The van der Waals surface area contributed by atoms with E-state index in [-0.39, 0.29) is 11.8 Å². The highest BCUT2D eigenvalue weighted by Gasteiger charge is 2.39. The van der Waals surface area contributed by atoms with Crippen LogP contribution in [0, 0.1) is 11.8 Å². The topological polar surface area (TPSA) is 45.2 Å². The van der Waals surface area contributed by atoms with Gasteiger partial charge in [0.05, 0.1) is 11.9 Å². The molecule has 2 atom stereocenters. The summed E-state index contributed by atoms with van der Waals surface area (Å²) in [6.07, 6.45) is 6.61. The highest BCUT2D eigenvalue weighted by Crippen LogP contribution is 2.38. The van der Waals surface area contributed by atoms with E-state index in [2.05, 4.69) is 22.1 Å². The van der Waals surface area contributed by atoms with Crippen molar-refractivity contribution >= 4 is 17.4 Å². The summed E-state index contributed by atoms with van der Waals surface area (Å²) in [4.78, 5) is 18.6. The highest BCUT2D eigenvalue weighted by atomic mass is 16.2. The first kappa shape index (κ1) is 12.5. The Balaban J connectivity index is 1.60. The zero-order valence-corrected chi connectivity index (χ0v) is 11.4. The number of carbonyl (C=O) groups excluding carboxylic acids is 1. The normalized spacial score (nSPS) is 26.1. The van der Waals surface area contributed by atoms with Gasteiger partial charge in [-0.05, 0) is 43.7 Å². The van der Waals surface area contributed by atoms with Crippen LogP contribution in [-0.2, 0) is 4.79 Å². The first-order valence-corrected chi connectivity index (χ1v) is 7.26. The molecule has 1 aliphatic carbocycles. The number of hydrogen-bond donors (Lipinski definition) is 1. The Bertz CT molecular complexity index is 451. The Morgan fingerprint density at radius 3 is 2.63 bits per heavy atom. The van der Waals surface area contributed by atoms with Gasteiger partial charge in [0.15, 0.2) is 0 Å². The lowest BCUT2D eigenvalue weighted by Crippen LogP contribution is -2.30. The van der Waals surface area contributed by atoms with Gasteiger partial charge in [0, 0.05) is 19.0 Å². The summed E-state index contributed by atoms with van der Waals surface area (Å²) in [6.45, 7) is 4.30. The molecule has 1 aliphatic heterocycles. The number of anilines is 2. The molecule has 0 radical (unpaired) electrons. The number of nitrogens with zero attached hydrogens (tertiary/aromatic N) is 2. The van der Waals surface area contributed by atoms with E-state index < -0.39 is 0 Å². The van der Waals surface area contributed by atoms with Crippen molar-refractivity contribution in [2.75, 3.05) is 23.3 Å². The van der Waals surface area contributed by atoms with Crippen molar-refractivity contribution < 1.29 is 4.79 Å². The van der Waals surface area contributed by atoms with Gasteiger partial charge in [-0.3, -0.25) is 4.79 Å². The summed E-state index contributed by atoms with van der Waals surface area (Å²) in [7, 11) is 0. The fraction of sp³-hybridized carbons (Fsp3) is 0.600. The molecule has 4 nitrogen and oxygen atoms in total. The molecule has 1 N–H and O–H groups in total. The third-order valence-corrected chi connectivity index (χ3v) is 4.14. The highest BCUT2D eigenvalue weighted by molar-refractivity contribution is 5.94. The average Bonchev–Trinajstić information content (AvgIpc) is 3.18. The van der Waals surface area contributed by atoms with E-state index in [0.29, 0.717) is 5.92 Å². The maximum Gasteiger partial charge on any atom is 0.227 e. The van der Waals surface area contributed by atoms with Crippen LogP contribution in [0.1, 0.15) is 32.6 Å². The van der Waals surface area contributed by atoms with Gasteiger partial charge in [-0.1, -0.05) is 6.92 Å². The Labute approximate surface area is 114 Å². The molecule has 2 fully saturated rings. The van der Waals surface area contributed by atoms with Crippen LogP contribution in [-0.4, -0.2) is 24.0 Å². The minimum atomic E-state index is 0.139. The van der Waals surface area contributed by atoms with E-state index in [1.165, 1.54) is 19.3 Å². The predicted molar refractivity (Wildman–Crippen MR) is 76.2 cm³/mol. The number of pyridine rings is 1. The maximum absolute atomic E-state index is 11.8. The summed E-state index contributed by atoms with van der Waals surface area (Å²) < 4.78 is 0. The largest absolute Gasteiger partial charge is 0.357 e. The second-order valence-corrected chi connectivity index (χ2v) is 5.76. The summed E-state index contributed by atoms with van der Waals surface area (Å²) in [5, 5.41) is 2.94. The lowest BCUT2D eigenvalue weighted by atomic mass is 10.1. The van der Waals surface area contributed by atoms with Gasteiger partial charge in [-0.2, -0.15) is 0 Å². The second-order valence-electron chi connectivity index (χ2n) is 5.76. The van der Waals surface area contributed by atoms with E-state index in [0.717, 1.165) is 31.0 Å². The molecule has 1 aromatic rings. The van der Waals surface area contributed by atoms with E-state index in [9.17, 15) is 4.79 Å². The monoisotopic (exact) mass is 259 g/mol. The molecule has 0 unspecified atom stereocenters. The van der Waals surface area contributed by atoms with Crippen molar-refractivity contribution in [1.82, 2.24) is 4.98 Å². The van der Waals surface area contributed by atoms with Crippen molar-refractivity contribution in [2.24, 2.45) is 11.8 Å². The molecule has 2 heterocycles. The second kappa shape index (κ2) is 5.19. The molecule has 0 aromatic carbocycles. The maximum atomic E-state index is 11.8. The summed E-state index contributed by atoms with van der Waals surface area (Å²) >= 11 is 0. The number of rotatable bonds is 3. The Hall–Kier alpha value is -1.58. The minimum Gasteiger partial charge on any atom is -0.357 e. The van der Waals surface area contributed by atoms with Gasteiger partial charge >= 0.3 is 0 Å². The van der Waals surface area contributed by atoms with Crippen molar-refractivity contribution in [3.8, 4) is 0 Å². The average molecular weight is 259 g/mol. The smallest absolute Gasteiger partial charge is 0.227 e. The lowest BCUT2D eigenvalue weighted by molar-refractivity contribution is -0.117. The van der Waals surface area contributed by atoms with Crippen LogP contribution in [0.3, 0.4) is 0 Å². The van der Waals surface area contributed by atoms with Gasteiger partial charge in [0.1, 0.15) is 5.82 Å². The lowest BCUT2D eigenvalue weighted by Gasteiger charge is -2.27. The predicted octanol–water partition coefficient (Wildman–Crippen LogP) is 2.67. The molecule has 4 heteroatoms. The first-order valence-electron chi connectivity index (χ1n) is 7.26. The number of carbonyl (C=O) groups is 1. The van der Waals surface area contributed by atoms with E-state index in [1.54, 1.807) is 6.20 Å². The molecular formula is C15H21N3O. The van der Waals surface area contributed by atoms with Crippen LogP contribution in [0.25, 0.3) is 0 Å². The Morgan fingerprint density at radius 2 is 2.05 bits per heavy atom. The fourth-order valence-electron chi connectivity index (χ4n) is 2.69. The van der Waals surface area contributed by atoms with Crippen LogP contribution in [0.15, 0.2) is 18.3 Å². The number of aromatic nitrogens is 1. The minimum absolute atomic E-state index is 0.139. The molecule has 1 saturated carbocycles. The number of nitrogens with one attached hydrogen (secondary N) is 1. The van der Waals surface area contributed by atoms with Crippen LogP contribution in [0.4, 0.5) is 11.5 Å². The summed E-state index contributed by atoms with van der Waals surface area (Å²) in [5.74, 6) is 1.92.